The van der Waals surface area contributed by atoms with Gasteiger partial charge in [0.2, 0.25) is 10.9 Å². The number of hydrogen-bond donors (Lipinski definition) is 3. The number of nitrogen functional groups attached to an aromatic ring is 1. The lowest BCUT2D eigenvalue weighted by Crippen LogP contribution is -2.54. The summed E-state index contributed by atoms with van der Waals surface area (Å²) >= 11 is 5.94. The van der Waals surface area contributed by atoms with E-state index in [4.69, 9.17) is 31.5 Å². The summed E-state index contributed by atoms with van der Waals surface area (Å²) < 4.78 is 18.5. The molecule has 0 bridgehead atoms. The number of hydrogen-bond acceptors (Lipinski definition) is 11. The van der Waals surface area contributed by atoms with Gasteiger partial charge in [-0.25, -0.2) is 9.78 Å². The smallest absolute Gasteiger partial charge is 0.346 e. The van der Waals surface area contributed by atoms with E-state index in [0.29, 0.717) is 5.56 Å². The van der Waals surface area contributed by atoms with Crippen molar-refractivity contribution in [3.63, 3.8) is 0 Å². The Labute approximate surface area is 217 Å². The molecule has 5 atom stereocenters. The number of carbonyl (C=O) groups is 2. The maximum Gasteiger partial charge on any atom is 0.346 e. The van der Waals surface area contributed by atoms with Crippen molar-refractivity contribution in [1.29, 1.82) is 0 Å². The van der Waals surface area contributed by atoms with Crippen molar-refractivity contribution in [2.45, 2.75) is 56.8 Å². The Hall–Kier alpha value is -3.16. The summed E-state index contributed by atoms with van der Waals surface area (Å²) in [6.45, 7) is 3.83. The standard InChI is InChI=1S/C24H28ClN5O7/c1-4-35-21(33)24(13(2)31,10-14-8-6-5-7-9-14)36-11-15-23(3,34)17(32)20(37-15)30-12-27-16-18(26)28-22(25)29-19(16)30/h5-9,12,15,17,20,32,34H,4,10-11H2,1-3H3,(H2,26,28,29)/t15-,17+,20-,23-,24?/m1/s1. The lowest BCUT2D eigenvalue weighted by molar-refractivity contribution is -0.185. The minimum atomic E-state index is -1.99. The summed E-state index contributed by atoms with van der Waals surface area (Å²) in [5.74, 6) is -1.40. The molecule has 0 radical (unpaired) electrons. The predicted octanol–water partition coefficient (Wildman–Crippen LogP) is 1.22. The number of imidazole rings is 1. The average Bonchev–Trinajstić information content (AvgIpc) is 3.36. The Morgan fingerprint density at radius 2 is 2.00 bits per heavy atom. The number of ketones is 1. The largest absolute Gasteiger partial charge is 0.463 e. The molecule has 1 unspecified atom stereocenters. The van der Waals surface area contributed by atoms with Gasteiger partial charge in [0.15, 0.2) is 23.5 Å². The van der Waals surface area contributed by atoms with Crippen molar-refractivity contribution in [2.24, 2.45) is 0 Å². The van der Waals surface area contributed by atoms with Crippen LogP contribution in [0.2, 0.25) is 5.28 Å². The maximum absolute atomic E-state index is 13.0. The molecule has 0 amide bonds. The number of aliphatic hydroxyl groups excluding tert-OH is 1. The number of benzene rings is 1. The number of rotatable bonds is 9. The van der Waals surface area contributed by atoms with Crippen LogP contribution in [0.15, 0.2) is 36.7 Å². The van der Waals surface area contributed by atoms with Crippen LogP contribution in [-0.2, 0) is 30.2 Å². The van der Waals surface area contributed by atoms with Crippen LogP contribution in [0.4, 0.5) is 5.82 Å². The second-order valence-corrected chi connectivity index (χ2v) is 9.30. The van der Waals surface area contributed by atoms with Gasteiger partial charge in [-0.1, -0.05) is 30.3 Å². The summed E-state index contributed by atoms with van der Waals surface area (Å²) in [5.41, 5.74) is 3.11. The Morgan fingerprint density at radius 1 is 1.30 bits per heavy atom. The molecule has 4 rings (SSSR count). The maximum atomic E-state index is 13.0. The van der Waals surface area contributed by atoms with E-state index in [1.165, 1.54) is 24.7 Å². The van der Waals surface area contributed by atoms with Gasteiger partial charge in [0.05, 0.1) is 19.5 Å². The van der Waals surface area contributed by atoms with Crippen molar-refractivity contribution in [2.75, 3.05) is 18.9 Å². The van der Waals surface area contributed by atoms with Crippen LogP contribution in [0.1, 0.15) is 32.6 Å². The van der Waals surface area contributed by atoms with Crippen LogP contribution >= 0.6 is 11.6 Å². The van der Waals surface area contributed by atoms with Gasteiger partial charge in [-0.05, 0) is 37.9 Å². The van der Waals surface area contributed by atoms with Crippen LogP contribution in [-0.4, -0.2) is 78.1 Å². The van der Waals surface area contributed by atoms with Crippen molar-refractivity contribution in [1.82, 2.24) is 19.5 Å². The van der Waals surface area contributed by atoms with Gasteiger partial charge in [-0.15, -0.1) is 0 Å². The van der Waals surface area contributed by atoms with Gasteiger partial charge >= 0.3 is 5.97 Å². The van der Waals surface area contributed by atoms with E-state index in [1.54, 1.807) is 37.3 Å². The minimum absolute atomic E-state index is 0.0334. The highest BCUT2D eigenvalue weighted by Crippen LogP contribution is 2.39. The third kappa shape index (κ3) is 4.90. The van der Waals surface area contributed by atoms with Gasteiger partial charge < -0.3 is 30.2 Å². The summed E-state index contributed by atoms with van der Waals surface area (Å²) in [5, 5.41) is 22.0. The van der Waals surface area contributed by atoms with Gasteiger partial charge in [0.25, 0.3) is 0 Å². The van der Waals surface area contributed by atoms with Crippen LogP contribution in [0, 0.1) is 0 Å². The second kappa shape index (κ2) is 10.3. The summed E-state index contributed by atoms with van der Waals surface area (Å²) in [4.78, 5) is 38.0. The molecule has 1 aliphatic heterocycles. The first-order valence-corrected chi connectivity index (χ1v) is 12.0. The molecule has 1 aliphatic rings. The number of halogens is 1. The zero-order valence-corrected chi connectivity index (χ0v) is 21.3. The highest BCUT2D eigenvalue weighted by molar-refractivity contribution is 6.28. The third-order valence-corrected chi connectivity index (χ3v) is 6.64. The first-order valence-electron chi connectivity index (χ1n) is 11.6. The Kier molecular flexibility index (Phi) is 7.49. The van der Waals surface area contributed by atoms with E-state index >= 15 is 0 Å². The fraction of sp³-hybridized carbons (Fsp3) is 0.458. The van der Waals surface area contributed by atoms with E-state index < -0.39 is 48.0 Å². The molecule has 198 valence electrons. The first kappa shape index (κ1) is 26.9. The third-order valence-electron chi connectivity index (χ3n) is 6.47. The zero-order valence-electron chi connectivity index (χ0n) is 20.5. The predicted molar refractivity (Wildman–Crippen MR) is 131 cm³/mol. The molecule has 37 heavy (non-hydrogen) atoms. The SMILES string of the molecule is CCOC(=O)C(Cc1ccccc1)(OC[C@H]1O[C@@H](n2cnc3c(N)nc(Cl)nc32)[C@H](O)[C@]1(C)O)C(C)=O. The van der Waals surface area contributed by atoms with Crippen molar-refractivity contribution in [3.8, 4) is 0 Å². The lowest BCUT2D eigenvalue weighted by Gasteiger charge is -2.32. The van der Waals surface area contributed by atoms with Crippen LogP contribution in [0.25, 0.3) is 11.2 Å². The number of carbonyl (C=O) groups excluding carboxylic acids is 2. The molecule has 1 fully saturated rings. The normalized spacial score (nSPS) is 25.2. The second-order valence-electron chi connectivity index (χ2n) is 8.96. The van der Waals surface area contributed by atoms with E-state index in [-0.39, 0.29) is 35.3 Å². The van der Waals surface area contributed by atoms with E-state index in [0.717, 1.165) is 0 Å². The minimum Gasteiger partial charge on any atom is -0.463 e. The number of aromatic nitrogens is 4. The molecule has 3 heterocycles. The van der Waals surface area contributed by atoms with Crippen LogP contribution < -0.4 is 5.73 Å². The van der Waals surface area contributed by atoms with E-state index in [2.05, 4.69) is 15.0 Å². The molecular weight excluding hydrogens is 506 g/mol. The fourth-order valence-corrected chi connectivity index (χ4v) is 4.45. The number of fused-ring (bicyclic) bond motifs is 1. The fourth-order valence-electron chi connectivity index (χ4n) is 4.28. The quantitative estimate of drug-likeness (QED) is 0.205. The lowest BCUT2D eigenvalue weighted by atomic mass is 9.89. The van der Waals surface area contributed by atoms with Gasteiger partial charge in [0.1, 0.15) is 23.3 Å². The van der Waals surface area contributed by atoms with Crippen molar-refractivity contribution < 1.29 is 34.0 Å². The molecule has 12 nitrogen and oxygen atoms in total. The molecule has 1 aromatic carbocycles. The Morgan fingerprint density at radius 3 is 2.65 bits per heavy atom. The zero-order chi connectivity index (χ0) is 27.0. The van der Waals surface area contributed by atoms with Crippen LogP contribution in [0.5, 0.6) is 0 Å². The molecule has 0 saturated carbocycles. The van der Waals surface area contributed by atoms with Gasteiger partial charge in [0, 0.05) is 6.42 Å². The molecule has 3 aromatic rings. The number of nitrogens with two attached hydrogens (primary N) is 1. The van der Waals surface area contributed by atoms with Crippen LogP contribution in [0.3, 0.4) is 0 Å². The molecule has 13 heteroatoms. The van der Waals surface area contributed by atoms with E-state index in [9.17, 15) is 19.8 Å². The molecule has 0 aliphatic carbocycles. The molecule has 1 saturated heterocycles. The number of aliphatic hydroxyl groups is 2. The number of Topliss-reactive ketones (excluding diaryl/α,β-unsaturated/α-hetero) is 1. The number of ether oxygens (including phenoxy) is 3. The van der Waals surface area contributed by atoms with E-state index in [1.807, 2.05) is 0 Å². The number of nitrogens with zero attached hydrogens (tertiary/aromatic N) is 4. The molecular formula is C24H28ClN5O7. The summed E-state index contributed by atoms with van der Waals surface area (Å²) in [6, 6.07) is 8.86. The highest BCUT2D eigenvalue weighted by Gasteiger charge is 2.55. The molecule has 0 spiro atoms. The number of anilines is 1. The Bertz CT molecular complexity index is 1300. The summed E-state index contributed by atoms with van der Waals surface area (Å²) in [7, 11) is 0. The van der Waals surface area contributed by atoms with Gasteiger partial charge in [-0.3, -0.25) is 9.36 Å². The molecule has 4 N–H and O–H groups in total. The Balaban J connectivity index is 1.63. The number of esters is 1. The van der Waals surface area contributed by atoms with Gasteiger partial charge in [-0.2, -0.15) is 9.97 Å². The average molecular weight is 534 g/mol. The van der Waals surface area contributed by atoms with Crippen molar-refractivity contribution in [3.05, 3.63) is 47.5 Å². The first-order chi connectivity index (χ1) is 17.5. The monoisotopic (exact) mass is 533 g/mol. The summed E-state index contributed by atoms with van der Waals surface area (Å²) in [6.07, 6.45) is -2.57. The highest BCUT2D eigenvalue weighted by atomic mass is 35.5. The topological polar surface area (TPSA) is 172 Å². The molecule has 2 aromatic heterocycles. The van der Waals surface area contributed by atoms with Crippen molar-refractivity contribution >= 4 is 40.3 Å².